The highest BCUT2D eigenvalue weighted by Gasteiger charge is 2.16. The minimum atomic E-state index is -0.302. The summed E-state index contributed by atoms with van der Waals surface area (Å²) in [7, 11) is 0. The normalized spacial score (nSPS) is 11.9. The Hall–Kier alpha value is -1.59. The van der Waals surface area contributed by atoms with Gasteiger partial charge < -0.3 is 5.32 Å². The minimum Gasteiger partial charge on any atom is -0.344 e. The molecule has 2 rings (SSSR count). The van der Waals surface area contributed by atoms with Crippen LogP contribution in [0, 0.1) is 0 Å². The lowest BCUT2D eigenvalue weighted by Gasteiger charge is -2.14. The van der Waals surface area contributed by atoms with E-state index in [2.05, 4.69) is 15.3 Å². The maximum absolute atomic E-state index is 12.2. The molecular weight excluding hydrogens is 294 g/mol. The van der Waals surface area contributed by atoms with Crippen LogP contribution in [0.4, 0.5) is 0 Å². The van der Waals surface area contributed by atoms with Crippen molar-refractivity contribution in [3.63, 3.8) is 0 Å². The van der Waals surface area contributed by atoms with E-state index in [4.69, 9.17) is 11.6 Å². The van der Waals surface area contributed by atoms with Crippen LogP contribution in [0.1, 0.15) is 29.0 Å². The van der Waals surface area contributed by atoms with Gasteiger partial charge in [0.25, 0.3) is 5.91 Å². The molecule has 1 N–H and O–H groups in total. The van der Waals surface area contributed by atoms with Crippen LogP contribution < -0.4 is 5.32 Å². The van der Waals surface area contributed by atoms with Crippen LogP contribution in [0.3, 0.4) is 0 Å². The van der Waals surface area contributed by atoms with Crippen LogP contribution in [-0.4, -0.2) is 22.1 Å². The summed E-state index contributed by atoms with van der Waals surface area (Å²) >= 11 is 7.35. The van der Waals surface area contributed by atoms with E-state index in [9.17, 15) is 4.79 Å². The Bertz CT molecular complexity index is 607. The zero-order valence-electron chi connectivity index (χ0n) is 11.1. The number of halogens is 1. The molecule has 2 aromatic rings. The highest BCUT2D eigenvalue weighted by Crippen LogP contribution is 2.18. The van der Waals surface area contributed by atoms with Crippen LogP contribution in [0.25, 0.3) is 0 Å². The standard InChI is InChI=1S/C14H14ClN3OS/c1-9(10-6-4-3-5-7-10)17-13(19)12-11(15)8-16-14(18-12)20-2/h3-9H,1-2H3,(H,17,19). The maximum atomic E-state index is 12.2. The predicted octanol–water partition coefficient (Wildman–Crippen LogP) is 3.34. The highest BCUT2D eigenvalue weighted by atomic mass is 35.5. The molecule has 0 aliphatic rings. The van der Waals surface area contributed by atoms with Crippen molar-refractivity contribution >= 4 is 29.3 Å². The van der Waals surface area contributed by atoms with Gasteiger partial charge in [-0.2, -0.15) is 0 Å². The van der Waals surface area contributed by atoms with Gasteiger partial charge in [0.1, 0.15) is 0 Å². The summed E-state index contributed by atoms with van der Waals surface area (Å²) in [4.78, 5) is 20.4. The Balaban J connectivity index is 2.16. The molecule has 104 valence electrons. The number of rotatable bonds is 4. The number of carbonyl (C=O) groups excluding carboxylic acids is 1. The van der Waals surface area contributed by atoms with E-state index < -0.39 is 0 Å². The fourth-order valence-electron chi connectivity index (χ4n) is 1.70. The summed E-state index contributed by atoms with van der Waals surface area (Å²) in [6.07, 6.45) is 3.29. The SMILES string of the molecule is CSc1ncc(Cl)c(C(=O)NC(C)c2ccccc2)n1. The molecule has 1 atom stereocenters. The summed E-state index contributed by atoms with van der Waals surface area (Å²) in [5.74, 6) is -0.302. The average Bonchev–Trinajstić information content (AvgIpc) is 2.48. The lowest BCUT2D eigenvalue weighted by atomic mass is 10.1. The number of nitrogens with zero attached hydrogens (tertiary/aromatic N) is 2. The molecule has 1 unspecified atom stereocenters. The van der Waals surface area contributed by atoms with E-state index in [1.807, 2.05) is 43.5 Å². The molecule has 1 aromatic carbocycles. The molecule has 0 spiro atoms. The van der Waals surface area contributed by atoms with Gasteiger partial charge in [0.15, 0.2) is 10.9 Å². The summed E-state index contributed by atoms with van der Waals surface area (Å²) in [6.45, 7) is 1.91. The lowest BCUT2D eigenvalue weighted by molar-refractivity contribution is 0.0934. The molecule has 1 heterocycles. The predicted molar refractivity (Wildman–Crippen MR) is 81.1 cm³/mol. The third kappa shape index (κ3) is 3.49. The molecule has 4 nitrogen and oxygen atoms in total. The second-order valence-corrected chi connectivity index (χ2v) is 5.34. The summed E-state index contributed by atoms with van der Waals surface area (Å²) in [6, 6.07) is 9.60. The third-order valence-electron chi connectivity index (χ3n) is 2.77. The van der Waals surface area contributed by atoms with E-state index in [-0.39, 0.29) is 22.7 Å². The number of hydrogen-bond donors (Lipinski definition) is 1. The largest absolute Gasteiger partial charge is 0.344 e. The van der Waals surface area contributed by atoms with Crippen LogP contribution in [-0.2, 0) is 0 Å². The molecule has 0 bridgehead atoms. The molecule has 0 saturated heterocycles. The first-order valence-corrected chi connectivity index (χ1v) is 7.64. The van der Waals surface area contributed by atoms with Gasteiger partial charge in [-0.3, -0.25) is 4.79 Å². The smallest absolute Gasteiger partial charge is 0.272 e. The van der Waals surface area contributed by atoms with Crippen molar-refractivity contribution in [3.05, 3.63) is 52.8 Å². The van der Waals surface area contributed by atoms with Gasteiger partial charge in [0.2, 0.25) is 0 Å². The number of amides is 1. The molecule has 0 aliphatic carbocycles. The molecule has 1 amide bonds. The molecular formula is C14H14ClN3OS. The lowest BCUT2D eigenvalue weighted by Crippen LogP contribution is -2.28. The van der Waals surface area contributed by atoms with Gasteiger partial charge in [-0.25, -0.2) is 9.97 Å². The van der Waals surface area contributed by atoms with E-state index in [0.717, 1.165) is 5.56 Å². The fraction of sp³-hybridized carbons (Fsp3) is 0.214. The topological polar surface area (TPSA) is 54.9 Å². The number of aromatic nitrogens is 2. The van der Waals surface area contributed by atoms with Crippen molar-refractivity contribution in [3.8, 4) is 0 Å². The van der Waals surface area contributed by atoms with Crippen molar-refractivity contribution in [2.45, 2.75) is 18.1 Å². The molecule has 6 heteroatoms. The first-order valence-electron chi connectivity index (χ1n) is 6.04. The molecule has 1 aromatic heterocycles. The van der Waals surface area contributed by atoms with Gasteiger partial charge in [-0.15, -0.1) is 0 Å². The molecule has 0 fully saturated rings. The Labute approximate surface area is 127 Å². The molecule has 0 aliphatic heterocycles. The quantitative estimate of drug-likeness (QED) is 0.695. The highest BCUT2D eigenvalue weighted by molar-refractivity contribution is 7.98. The van der Waals surface area contributed by atoms with Crippen molar-refractivity contribution in [2.24, 2.45) is 0 Å². The number of thioether (sulfide) groups is 1. The van der Waals surface area contributed by atoms with Crippen LogP contribution in [0.15, 0.2) is 41.7 Å². The Kier molecular flexibility index (Phi) is 4.98. The first kappa shape index (κ1) is 14.8. The van der Waals surface area contributed by atoms with Crippen LogP contribution in [0.5, 0.6) is 0 Å². The number of hydrogen-bond acceptors (Lipinski definition) is 4. The fourth-order valence-corrected chi connectivity index (χ4v) is 2.22. The molecule has 20 heavy (non-hydrogen) atoms. The summed E-state index contributed by atoms with van der Waals surface area (Å²) in [5, 5.41) is 3.65. The number of nitrogens with one attached hydrogen (secondary N) is 1. The van der Waals surface area contributed by atoms with Gasteiger partial charge >= 0.3 is 0 Å². The van der Waals surface area contributed by atoms with Crippen LogP contribution >= 0.6 is 23.4 Å². The molecule has 0 radical (unpaired) electrons. The zero-order chi connectivity index (χ0) is 14.5. The molecule has 0 saturated carbocycles. The van der Waals surface area contributed by atoms with Crippen molar-refractivity contribution in [1.29, 1.82) is 0 Å². The van der Waals surface area contributed by atoms with E-state index in [1.165, 1.54) is 18.0 Å². The Morgan fingerprint density at radius 2 is 2.05 bits per heavy atom. The van der Waals surface area contributed by atoms with E-state index in [0.29, 0.717) is 5.16 Å². The number of carbonyl (C=O) groups is 1. The van der Waals surface area contributed by atoms with Gasteiger partial charge in [0, 0.05) is 0 Å². The monoisotopic (exact) mass is 307 g/mol. The Morgan fingerprint density at radius 3 is 2.70 bits per heavy atom. The van der Waals surface area contributed by atoms with Crippen molar-refractivity contribution < 1.29 is 4.79 Å². The maximum Gasteiger partial charge on any atom is 0.272 e. The second-order valence-electron chi connectivity index (χ2n) is 4.16. The summed E-state index contributed by atoms with van der Waals surface area (Å²) in [5.41, 5.74) is 1.23. The Morgan fingerprint density at radius 1 is 1.35 bits per heavy atom. The summed E-state index contributed by atoms with van der Waals surface area (Å²) < 4.78 is 0. The number of benzene rings is 1. The van der Waals surface area contributed by atoms with E-state index >= 15 is 0 Å². The van der Waals surface area contributed by atoms with Crippen molar-refractivity contribution in [2.75, 3.05) is 6.26 Å². The van der Waals surface area contributed by atoms with Gasteiger partial charge in [0.05, 0.1) is 17.3 Å². The van der Waals surface area contributed by atoms with Crippen LogP contribution in [0.2, 0.25) is 5.02 Å². The van der Waals surface area contributed by atoms with Crippen molar-refractivity contribution in [1.82, 2.24) is 15.3 Å². The minimum absolute atomic E-state index is 0.118. The van der Waals surface area contributed by atoms with Gasteiger partial charge in [-0.05, 0) is 18.7 Å². The zero-order valence-corrected chi connectivity index (χ0v) is 12.7. The van der Waals surface area contributed by atoms with Gasteiger partial charge in [-0.1, -0.05) is 53.7 Å². The third-order valence-corrected chi connectivity index (χ3v) is 3.61. The second kappa shape index (κ2) is 6.72. The average molecular weight is 308 g/mol. The van der Waals surface area contributed by atoms with E-state index in [1.54, 1.807) is 0 Å². The first-order chi connectivity index (χ1) is 9.61.